The van der Waals surface area contributed by atoms with Gasteiger partial charge < -0.3 is 14.8 Å². The fourth-order valence-corrected chi connectivity index (χ4v) is 1.93. The number of halogens is 1. The van der Waals surface area contributed by atoms with Crippen molar-refractivity contribution in [3.8, 4) is 5.75 Å². The second-order valence-corrected chi connectivity index (χ2v) is 6.18. The number of carbonyl (C=O) groups excluding carboxylic acids is 2. The average Bonchev–Trinajstić information content (AvgIpc) is 2.47. The van der Waals surface area contributed by atoms with Gasteiger partial charge in [0.15, 0.2) is 6.61 Å². The Bertz CT molecular complexity index is 491. The van der Waals surface area contributed by atoms with Crippen LogP contribution in [-0.2, 0) is 14.3 Å². The summed E-state index contributed by atoms with van der Waals surface area (Å²) in [5, 5.41) is 2.69. The van der Waals surface area contributed by atoms with Gasteiger partial charge in [-0.2, -0.15) is 0 Å². The quantitative estimate of drug-likeness (QED) is 0.535. The summed E-state index contributed by atoms with van der Waals surface area (Å²) in [4.78, 5) is 22.9. The lowest BCUT2D eigenvalue weighted by Crippen LogP contribution is -2.31. The van der Waals surface area contributed by atoms with Gasteiger partial charge in [0.05, 0.1) is 6.61 Å². The fourth-order valence-electron chi connectivity index (χ4n) is 1.55. The number of hydrogen-bond acceptors (Lipinski definition) is 4. The molecule has 0 atom stereocenters. The second kappa shape index (κ2) is 10.2. The van der Waals surface area contributed by atoms with Gasteiger partial charge in [-0.3, -0.25) is 9.59 Å². The number of esters is 1. The van der Waals surface area contributed by atoms with Crippen molar-refractivity contribution in [1.82, 2.24) is 5.32 Å². The van der Waals surface area contributed by atoms with E-state index in [1.807, 2.05) is 38.1 Å². The lowest BCUT2D eigenvalue weighted by atomic mass is 10.2. The van der Waals surface area contributed by atoms with Crippen LogP contribution in [0.2, 0.25) is 0 Å². The lowest BCUT2D eigenvalue weighted by molar-refractivity contribution is -0.148. The lowest BCUT2D eigenvalue weighted by Gasteiger charge is -2.09. The van der Waals surface area contributed by atoms with Crippen molar-refractivity contribution < 1.29 is 19.1 Å². The Hall–Kier alpha value is -1.56. The fraction of sp³-hybridized carbons (Fsp3) is 0.500. The molecule has 0 unspecified atom stereocenters. The highest BCUT2D eigenvalue weighted by Crippen LogP contribution is 2.17. The van der Waals surface area contributed by atoms with Crippen molar-refractivity contribution in [3.63, 3.8) is 0 Å². The van der Waals surface area contributed by atoms with Gasteiger partial charge in [0, 0.05) is 17.4 Å². The van der Waals surface area contributed by atoms with Gasteiger partial charge in [-0.05, 0) is 30.5 Å². The highest BCUT2D eigenvalue weighted by atomic mass is 79.9. The third kappa shape index (κ3) is 8.67. The van der Waals surface area contributed by atoms with Gasteiger partial charge in [0.25, 0.3) is 5.91 Å². The van der Waals surface area contributed by atoms with Crippen LogP contribution in [0.25, 0.3) is 0 Å². The number of amides is 1. The van der Waals surface area contributed by atoms with Gasteiger partial charge in [0.2, 0.25) is 0 Å². The summed E-state index contributed by atoms with van der Waals surface area (Å²) in [6.45, 7) is 4.77. The molecule has 0 bridgehead atoms. The minimum Gasteiger partial charge on any atom is -0.494 e. The molecule has 0 saturated carbocycles. The molecule has 122 valence electrons. The molecule has 0 radical (unpaired) electrons. The molecule has 1 aromatic carbocycles. The van der Waals surface area contributed by atoms with Gasteiger partial charge in [0.1, 0.15) is 5.75 Å². The highest BCUT2D eigenvalue weighted by Gasteiger charge is 2.08. The van der Waals surface area contributed by atoms with Crippen molar-refractivity contribution in [2.75, 3.05) is 19.8 Å². The summed E-state index contributed by atoms with van der Waals surface area (Å²) in [5.41, 5.74) is 0. The van der Waals surface area contributed by atoms with E-state index in [-0.39, 0.29) is 18.9 Å². The topological polar surface area (TPSA) is 64.6 Å². The van der Waals surface area contributed by atoms with E-state index in [1.54, 1.807) is 0 Å². The normalized spacial score (nSPS) is 10.4. The van der Waals surface area contributed by atoms with E-state index in [2.05, 4.69) is 21.2 Å². The van der Waals surface area contributed by atoms with E-state index in [9.17, 15) is 9.59 Å². The maximum absolute atomic E-state index is 11.5. The predicted molar refractivity (Wildman–Crippen MR) is 87.7 cm³/mol. The van der Waals surface area contributed by atoms with E-state index < -0.39 is 5.97 Å². The number of hydrogen-bond donors (Lipinski definition) is 1. The Balaban J connectivity index is 2.09. The minimum absolute atomic E-state index is 0.224. The molecule has 0 heterocycles. The highest BCUT2D eigenvalue weighted by molar-refractivity contribution is 9.10. The number of rotatable bonds is 9. The van der Waals surface area contributed by atoms with E-state index in [4.69, 9.17) is 9.47 Å². The molecule has 1 rings (SSSR count). The molecule has 0 fully saturated rings. The first kappa shape index (κ1) is 18.5. The van der Waals surface area contributed by atoms with E-state index in [1.165, 1.54) is 0 Å². The van der Waals surface area contributed by atoms with Crippen molar-refractivity contribution in [1.29, 1.82) is 0 Å². The molecule has 1 N–H and O–H groups in total. The zero-order chi connectivity index (χ0) is 16.4. The SMILES string of the molecule is CC(C)CNC(=O)COC(=O)CCCOc1cccc(Br)c1. The first-order chi connectivity index (χ1) is 10.5. The van der Waals surface area contributed by atoms with Crippen LogP contribution >= 0.6 is 15.9 Å². The van der Waals surface area contributed by atoms with Gasteiger partial charge in [-0.15, -0.1) is 0 Å². The molecule has 0 spiro atoms. The first-order valence-corrected chi connectivity index (χ1v) is 8.07. The summed E-state index contributed by atoms with van der Waals surface area (Å²) in [6.07, 6.45) is 0.768. The molecular formula is C16H22BrNO4. The molecule has 6 heteroatoms. The molecule has 1 aromatic rings. The maximum atomic E-state index is 11.5. The van der Waals surface area contributed by atoms with Crippen molar-refractivity contribution >= 4 is 27.8 Å². The predicted octanol–water partition coefficient (Wildman–Crippen LogP) is 2.92. The Kier molecular flexibility index (Phi) is 8.58. The smallest absolute Gasteiger partial charge is 0.306 e. The van der Waals surface area contributed by atoms with Crippen LogP contribution in [0, 0.1) is 5.92 Å². The summed E-state index contributed by atoms with van der Waals surface area (Å²) < 4.78 is 11.3. The molecule has 0 aromatic heterocycles. The largest absolute Gasteiger partial charge is 0.494 e. The molecule has 1 amide bonds. The molecule has 22 heavy (non-hydrogen) atoms. The first-order valence-electron chi connectivity index (χ1n) is 7.28. The van der Waals surface area contributed by atoms with Crippen LogP contribution in [0.4, 0.5) is 0 Å². The monoisotopic (exact) mass is 371 g/mol. The Morgan fingerprint density at radius 1 is 1.32 bits per heavy atom. The second-order valence-electron chi connectivity index (χ2n) is 5.27. The van der Waals surface area contributed by atoms with Gasteiger partial charge in [-0.1, -0.05) is 35.8 Å². The van der Waals surface area contributed by atoms with Gasteiger partial charge in [-0.25, -0.2) is 0 Å². The number of carbonyl (C=O) groups is 2. The summed E-state index contributed by atoms with van der Waals surface area (Å²) >= 11 is 3.36. The van der Waals surface area contributed by atoms with Crippen LogP contribution in [0.1, 0.15) is 26.7 Å². The molecule has 5 nitrogen and oxygen atoms in total. The maximum Gasteiger partial charge on any atom is 0.306 e. The number of nitrogens with one attached hydrogen (secondary N) is 1. The molecule has 0 aliphatic rings. The molecular weight excluding hydrogens is 350 g/mol. The van der Waals surface area contributed by atoms with Crippen molar-refractivity contribution in [3.05, 3.63) is 28.7 Å². The Morgan fingerprint density at radius 2 is 2.09 bits per heavy atom. The standard InChI is InChI=1S/C16H22BrNO4/c1-12(2)10-18-15(19)11-22-16(20)7-4-8-21-14-6-3-5-13(17)9-14/h3,5-6,9,12H,4,7-8,10-11H2,1-2H3,(H,18,19). The van der Waals surface area contributed by atoms with Crippen LogP contribution in [0.15, 0.2) is 28.7 Å². The third-order valence-corrected chi connectivity index (χ3v) is 3.16. The molecule has 0 aliphatic carbocycles. The average molecular weight is 372 g/mol. The van der Waals surface area contributed by atoms with Crippen LogP contribution < -0.4 is 10.1 Å². The Labute approximate surface area is 139 Å². The van der Waals surface area contributed by atoms with Crippen molar-refractivity contribution in [2.24, 2.45) is 5.92 Å². The summed E-state index contributed by atoms with van der Waals surface area (Å²) in [5.74, 6) is 0.454. The number of ether oxygens (including phenoxy) is 2. The number of benzene rings is 1. The van der Waals surface area contributed by atoms with E-state index >= 15 is 0 Å². The zero-order valence-electron chi connectivity index (χ0n) is 12.9. The van der Waals surface area contributed by atoms with Crippen LogP contribution in [0.5, 0.6) is 5.75 Å². The Morgan fingerprint density at radius 3 is 2.77 bits per heavy atom. The van der Waals surface area contributed by atoms with Crippen molar-refractivity contribution in [2.45, 2.75) is 26.7 Å². The van der Waals surface area contributed by atoms with E-state index in [0.29, 0.717) is 25.5 Å². The van der Waals surface area contributed by atoms with Gasteiger partial charge >= 0.3 is 5.97 Å². The third-order valence-electron chi connectivity index (χ3n) is 2.66. The summed E-state index contributed by atoms with van der Waals surface area (Å²) in [7, 11) is 0. The van der Waals surface area contributed by atoms with E-state index in [0.717, 1.165) is 10.2 Å². The molecule has 0 aliphatic heterocycles. The molecule has 0 saturated heterocycles. The minimum atomic E-state index is -0.391. The van der Waals surface area contributed by atoms with Crippen LogP contribution in [0.3, 0.4) is 0 Å². The summed E-state index contributed by atoms with van der Waals surface area (Å²) in [6, 6.07) is 7.50. The van der Waals surface area contributed by atoms with Crippen LogP contribution in [-0.4, -0.2) is 31.6 Å². The zero-order valence-corrected chi connectivity index (χ0v) is 14.5.